The van der Waals surface area contributed by atoms with Gasteiger partial charge in [-0.05, 0) is 40.4 Å². The molecule has 3 heteroatoms. The predicted octanol–water partition coefficient (Wildman–Crippen LogP) is 2.20. The SMILES string of the molecule is CN(C)C(C(=O)NC(C)(C)C)c1ccccc1. The summed E-state index contributed by atoms with van der Waals surface area (Å²) in [5.74, 6) is 0.0358. The zero-order chi connectivity index (χ0) is 13.1. The van der Waals surface area contributed by atoms with Gasteiger partial charge in [-0.3, -0.25) is 9.69 Å². The third kappa shape index (κ3) is 4.19. The minimum atomic E-state index is -0.240. The van der Waals surface area contributed by atoms with Crippen molar-refractivity contribution in [2.45, 2.75) is 32.4 Å². The molecule has 1 unspecified atom stereocenters. The summed E-state index contributed by atoms with van der Waals surface area (Å²) in [6, 6.07) is 9.58. The summed E-state index contributed by atoms with van der Waals surface area (Å²) in [4.78, 5) is 14.2. The number of amides is 1. The first-order chi connectivity index (χ1) is 7.81. The number of carbonyl (C=O) groups is 1. The number of hydrogen-bond acceptors (Lipinski definition) is 2. The van der Waals surface area contributed by atoms with E-state index >= 15 is 0 Å². The fraction of sp³-hybridized carbons (Fsp3) is 0.500. The Morgan fingerprint density at radius 3 is 2.12 bits per heavy atom. The lowest BCUT2D eigenvalue weighted by atomic mass is 10.0. The molecule has 0 saturated carbocycles. The lowest BCUT2D eigenvalue weighted by molar-refractivity contribution is -0.127. The molecular weight excluding hydrogens is 212 g/mol. The molecule has 0 aliphatic heterocycles. The van der Waals surface area contributed by atoms with Crippen LogP contribution in [-0.4, -0.2) is 30.4 Å². The van der Waals surface area contributed by atoms with E-state index in [4.69, 9.17) is 0 Å². The summed E-state index contributed by atoms with van der Waals surface area (Å²) in [6.45, 7) is 5.97. The van der Waals surface area contributed by atoms with Crippen LogP contribution in [0.5, 0.6) is 0 Å². The molecular formula is C14H22N2O. The van der Waals surface area contributed by atoms with Crippen molar-refractivity contribution in [3.05, 3.63) is 35.9 Å². The van der Waals surface area contributed by atoms with Crippen molar-refractivity contribution in [3.63, 3.8) is 0 Å². The van der Waals surface area contributed by atoms with E-state index in [2.05, 4.69) is 5.32 Å². The van der Waals surface area contributed by atoms with Crippen molar-refractivity contribution < 1.29 is 4.79 Å². The Balaban J connectivity index is 2.92. The lowest BCUT2D eigenvalue weighted by Gasteiger charge is -2.28. The van der Waals surface area contributed by atoms with Gasteiger partial charge in [-0.25, -0.2) is 0 Å². The Kier molecular flexibility index (Phi) is 4.29. The molecule has 0 saturated heterocycles. The molecule has 0 heterocycles. The van der Waals surface area contributed by atoms with Crippen molar-refractivity contribution in [1.29, 1.82) is 0 Å². The van der Waals surface area contributed by atoms with Gasteiger partial charge in [-0.15, -0.1) is 0 Å². The van der Waals surface area contributed by atoms with Gasteiger partial charge in [0.1, 0.15) is 6.04 Å². The van der Waals surface area contributed by atoms with E-state index in [9.17, 15) is 4.79 Å². The van der Waals surface area contributed by atoms with Gasteiger partial charge in [0.05, 0.1) is 0 Å². The second kappa shape index (κ2) is 5.32. The average molecular weight is 234 g/mol. The van der Waals surface area contributed by atoms with Crippen LogP contribution in [0.1, 0.15) is 32.4 Å². The van der Waals surface area contributed by atoms with Gasteiger partial charge in [-0.2, -0.15) is 0 Å². The average Bonchev–Trinajstić information content (AvgIpc) is 2.15. The highest BCUT2D eigenvalue weighted by Crippen LogP contribution is 2.19. The molecule has 0 fully saturated rings. The highest BCUT2D eigenvalue weighted by molar-refractivity contribution is 5.83. The summed E-state index contributed by atoms with van der Waals surface area (Å²) < 4.78 is 0. The number of hydrogen-bond donors (Lipinski definition) is 1. The van der Waals surface area contributed by atoms with Crippen LogP contribution < -0.4 is 5.32 Å². The van der Waals surface area contributed by atoms with Crippen molar-refractivity contribution in [1.82, 2.24) is 10.2 Å². The second-order valence-corrected chi connectivity index (χ2v) is 5.52. The summed E-state index contributed by atoms with van der Waals surface area (Å²) in [5.41, 5.74) is 0.805. The van der Waals surface area contributed by atoms with Crippen molar-refractivity contribution in [2.75, 3.05) is 14.1 Å². The van der Waals surface area contributed by atoms with Crippen molar-refractivity contribution >= 4 is 5.91 Å². The molecule has 1 N–H and O–H groups in total. The molecule has 17 heavy (non-hydrogen) atoms. The monoisotopic (exact) mass is 234 g/mol. The van der Waals surface area contributed by atoms with Crippen LogP contribution >= 0.6 is 0 Å². The molecule has 3 nitrogen and oxygen atoms in total. The van der Waals surface area contributed by atoms with Gasteiger partial charge in [0, 0.05) is 5.54 Å². The van der Waals surface area contributed by atoms with Crippen LogP contribution in [0, 0.1) is 0 Å². The highest BCUT2D eigenvalue weighted by Gasteiger charge is 2.25. The van der Waals surface area contributed by atoms with E-state index in [0.717, 1.165) is 5.56 Å². The predicted molar refractivity (Wildman–Crippen MR) is 70.8 cm³/mol. The maximum Gasteiger partial charge on any atom is 0.242 e. The molecule has 1 aromatic rings. The number of rotatable bonds is 3. The van der Waals surface area contributed by atoms with Gasteiger partial charge in [0.2, 0.25) is 5.91 Å². The number of likely N-dealkylation sites (N-methyl/N-ethyl adjacent to an activating group) is 1. The number of carbonyl (C=O) groups excluding carboxylic acids is 1. The molecule has 0 aliphatic rings. The first kappa shape index (κ1) is 13.7. The van der Waals surface area contributed by atoms with Gasteiger partial charge < -0.3 is 5.32 Å². The van der Waals surface area contributed by atoms with Crippen LogP contribution in [0.2, 0.25) is 0 Å². The Morgan fingerprint density at radius 2 is 1.71 bits per heavy atom. The number of nitrogens with zero attached hydrogens (tertiary/aromatic N) is 1. The van der Waals surface area contributed by atoms with Gasteiger partial charge in [0.25, 0.3) is 0 Å². The molecule has 0 bridgehead atoms. The standard InChI is InChI=1S/C14H22N2O/c1-14(2,3)15-13(17)12(16(4)5)11-9-7-6-8-10-11/h6-10,12H,1-5H3,(H,15,17). The van der Waals surface area contributed by atoms with Gasteiger partial charge in [-0.1, -0.05) is 30.3 Å². The van der Waals surface area contributed by atoms with Crippen LogP contribution in [-0.2, 0) is 4.79 Å². The zero-order valence-electron chi connectivity index (χ0n) is 11.3. The fourth-order valence-electron chi connectivity index (χ4n) is 1.76. The molecule has 1 aromatic carbocycles. The molecule has 94 valence electrons. The lowest BCUT2D eigenvalue weighted by Crippen LogP contribution is -2.46. The van der Waals surface area contributed by atoms with Crippen LogP contribution in [0.3, 0.4) is 0 Å². The van der Waals surface area contributed by atoms with E-state index in [0.29, 0.717) is 0 Å². The minimum absolute atomic E-state index is 0.0358. The zero-order valence-corrected chi connectivity index (χ0v) is 11.3. The molecule has 1 rings (SSSR count). The summed E-state index contributed by atoms with van der Waals surface area (Å²) >= 11 is 0. The van der Waals surface area contributed by atoms with E-state index in [-0.39, 0.29) is 17.5 Å². The molecule has 1 atom stereocenters. The van der Waals surface area contributed by atoms with Crippen molar-refractivity contribution in [3.8, 4) is 0 Å². The first-order valence-electron chi connectivity index (χ1n) is 5.84. The third-order valence-electron chi connectivity index (χ3n) is 2.38. The highest BCUT2D eigenvalue weighted by atomic mass is 16.2. The largest absolute Gasteiger partial charge is 0.350 e. The maximum atomic E-state index is 12.2. The van der Waals surface area contributed by atoms with Gasteiger partial charge >= 0.3 is 0 Å². The summed E-state index contributed by atoms with van der Waals surface area (Å²) in [5, 5.41) is 3.02. The molecule has 0 aromatic heterocycles. The van der Waals surface area contributed by atoms with Crippen molar-refractivity contribution in [2.24, 2.45) is 0 Å². The Bertz CT molecular complexity index is 366. The minimum Gasteiger partial charge on any atom is -0.350 e. The van der Waals surface area contributed by atoms with E-state index in [1.54, 1.807) is 0 Å². The normalized spacial score (nSPS) is 13.5. The topological polar surface area (TPSA) is 32.3 Å². The smallest absolute Gasteiger partial charge is 0.242 e. The molecule has 0 radical (unpaired) electrons. The second-order valence-electron chi connectivity index (χ2n) is 5.52. The molecule has 1 amide bonds. The Morgan fingerprint density at radius 1 is 1.18 bits per heavy atom. The first-order valence-corrected chi connectivity index (χ1v) is 5.84. The number of nitrogens with one attached hydrogen (secondary N) is 1. The fourth-order valence-corrected chi connectivity index (χ4v) is 1.76. The van der Waals surface area contributed by atoms with Crippen LogP contribution in [0.25, 0.3) is 0 Å². The van der Waals surface area contributed by atoms with E-state index in [1.807, 2.05) is 70.1 Å². The summed E-state index contributed by atoms with van der Waals surface area (Å²) in [6.07, 6.45) is 0. The third-order valence-corrected chi connectivity index (χ3v) is 2.38. The molecule has 0 spiro atoms. The number of benzene rings is 1. The Hall–Kier alpha value is -1.35. The van der Waals surface area contributed by atoms with Crippen LogP contribution in [0.4, 0.5) is 0 Å². The van der Waals surface area contributed by atoms with Gasteiger partial charge in [0.15, 0.2) is 0 Å². The van der Waals surface area contributed by atoms with Crippen LogP contribution in [0.15, 0.2) is 30.3 Å². The van der Waals surface area contributed by atoms with E-state index in [1.165, 1.54) is 0 Å². The summed E-state index contributed by atoms with van der Waals surface area (Å²) in [7, 11) is 3.83. The van der Waals surface area contributed by atoms with E-state index < -0.39 is 0 Å². The molecule has 0 aliphatic carbocycles. The quantitative estimate of drug-likeness (QED) is 0.869. The maximum absolute atomic E-state index is 12.2. The Labute approximate surface area is 104 Å².